The van der Waals surface area contributed by atoms with E-state index in [1.165, 1.54) is 25.7 Å². The highest BCUT2D eigenvalue weighted by Crippen LogP contribution is 2.29. The molecule has 0 bridgehead atoms. The molecule has 1 aromatic heterocycles. The molecular formula is C15H24N4O. The summed E-state index contributed by atoms with van der Waals surface area (Å²) in [7, 11) is 1.77. The van der Waals surface area contributed by atoms with E-state index in [1.807, 2.05) is 0 Å². The molecule has 1 aliphatic carbocycles. The molecule has 1 amide bonds. The first-order valence-electron chi connectivity index (χ1n) is 7.48. The normalized spacial score (nSPS) is 22.3. The van der Waals surface area contributed by atoms with E-state index < -0.39 is 0 Å². The first-order chi connectivity index (χ1) is 9.69. The average Bonchev–Trinajstić information content (AvgIpc) is 2.49. The molecule has 110 valence electrons. The summed E-state index contributed by atoms with van der Waals surface area (Å²) in [5.74, 6) is 2.17. The van der Waals surface area contributed by atoms with Crippen molar-refractivity contribution >= 4 is 11.7 Å². The number of amides is 1. The lowest BCUT2D eigenvalue weighted by Crippen LogP contribution is -2.27. The van der Waals surface area contributed by atoms with E-state index in [2.05, 4.69) is 27.8 Å². The standard InChI is InChI=1S/C15H24N4O/c1-11-3-5-12(6-4-11)9-10-17-15(20)13-7-8-14(16-2)19-18-13/h7-8,11-12H,3-6,9-10H2,1-2H3,(H,16,19)(H,17,20). The lowest BCUT2D eigenvalue weighted by molar-refractivity contribution is 0.0943. The zero-order valence-electron chi connectivity index (χ0n) is 12.4. The third kappa shape index (κ3) is 4.18. The average molecular weight is 276 g/mol. The SMILES string of the molecule is CNc1ccc(C(=O)NCCC2CCC(C)CC2)nn1. The maximum absolute atomic E-state index is 11.9. The van der Waals surface area contributed by atoms with Gasteiger partial charge in [-0.05, 0) is 30.4 Å². The highest BCUT2D eigenvalue weighted by atomic mass is 16.1. The largest absolute Gasteiger partial charge is 0.372 e. The number of aromatic nitrogens is 2. The van der Waals surface area contributed by atoms with Crippen molar-refractivity contribution in [3.8, 4) is 0 Å². The van der Waals surface area contributed by atoms with Crippen LogP contribution in [0.5, 0.6) is 0 Å². The van der Waals surface area contributed by atoms with Crippen molar-refractivity contribution in [2.75, 3.05) is 18.9 Å². The van der Waals surface area contributed by atoms with Gasteiger partial charge >= 0.3 is 0 Å². The molecule has 0 unspecified atom stereocenters. The molecule has 0 saturated heterocycles. The number of nitrogens with one attached hydrogen (secondary N) is 2. The summed E-state index contributed by atoms with van der Waals surface area (Å²) in [4.78, 5) is 11.9. The van der Waals surface area contributed by atoms with Crippen LogP contribution in [0.25, 0.3) is 0 Å². The molecule has 20 heavy (non-hydrogen) atoms. The van der Waals surface area contributed by atoms with Crippen molar-refractivity contribution < 1.29 is 4.79 Å². The summed E-state index contributed by atoms with van der Waals surface area (Å²) in [5.41, 5.74) is 0.376. The van der Waals surface area contributed by atoms with E-state index in [0.717, 1.165) is 24.8 Å². The number of nitrogens with zero attached hydrogens (tertiary/aromatic N) is 2. The third-order valence-electron chi connectivity index (χ3n) is 4.13. The molecule has 1 fully saturated rings. The number of hydrogen-bond acceptors (Lipinski definition) is 4. The van der Waals surface area contributed by atoms with Gasteiger partial charge in [-0.15, -0.1) is 10.2 Å². The zero-order chi connectivity index (χ0) is 14.4. The van der Waals surface area contributed by atoms with E-state index in [9.17, 15) is 4.79 Å². The molecular weight excluding hydrogens is 252 g/mol. The second-order valence-electron chi connectivity index (χ2n) is 5.72. The minimum absolute atomic E-state index is 0.135. The summed E-state index contributed by atoms with van der Waals surface area (Å²) < 4.78 is 0. The van der Waals surface area contributed by atoms with Gasteiger partial charge in [0.25, 0.3) is 5.91 Å². The molecule has 0 spiro atoms. The van der Waals surface area contributed by atoms with Crippen LogP contribution in [-0.2, 0) is 0 Å². The molecule has 1 saturated carbocycles. The van der Waals surface area contributed by atoms with E-state index in [0.29, 0.717) is 11.5 Å². The van der Waals surface area contributed by atoms with E-state index in [1.54, 1.807) is 19.2 Å². The summed E-state index contributed by atoms with van der Waals surface area (Å²) in [6.45, 7) is 3.05. The first-order valence-corrected chi connectivity index (χ1v) is 7.48. The van der Waals surface area contributed by atoms with Crippen LogP contribution < -0.4 is 10.6 Å². The molecule has 5 heteroatoms. The number of hydrogen-bond donors (Lipinski definition) is 2. The topological polar surface area (TPSA) is 66.9 Å². The Balaban J connectivity index is 1.71. The third-order valence-corrected chi connectivity index (χ3v) is 4.13. The van der Waals surface area contributed by atoms with E-state index >= 15 is 0 Å². The predicted molar refractivity (Wildman–Crippen MR) is 79.7 cm³/mol. The van der Waals surface area contributed by atoms with Crippen LogP contribution in [-0.4, -0.2) is 29.7 Å². The second kappa shape index (κ2) is 7.22. The molecule has 5 nitrogen and oxygen atoms in total. The molecule has 1 aromatic rings. The molecule has 0 radical (unpaired) electrons. The Morgan fingerprint density at radius 1 is 1.25 bits per heavy atom. The monoisotopic (exact) mass is 276 g/mol. The molecule has 0 aliphatic heterocycles. The first kappa shape index (κ1) is 14.8. The van der Waals surface area contributed by atoms with Crippen molar-refractivity contribution in [2.45, 2.75) is 39.0 Å². The van der Waals surface area contributed by atoms with Gasteiger partial charge in [-0.2, -0.15) is 0 Å². The van der Waals surface area contributed by atoms with Crippen molar-refractivity contribution in [1.29, 1.82) is 0 Å². The number of carbonyl (C=O) groups excluding carboxylic acids is 1. The van der Waals surface area contributed by atoms with Gasteiger partial charge in [-0.1, -0.05) is 32.6 Å². The van der Waals surface area contributed by atoms with Crippen LogP contribution in [0.3, 0.4) is 0 Å². The van der Waals surface area contributed by atoms with Crippen molar-refractivity contribution in [3.63, 3.8) is 0 Å². The van der Waals surface area contributed by atoms with Crippen LogP contribution in [0, 0.1) is 11.8 Å². The van der Waals surface area contributed by atoms with Gasteiger partial charge in [0.2, 0.25) is 0 Å². The molecule has 2 rings (SSSR count). The van der Waals surface area contributed by atoms with Crippen LogP contribution in [0.15, 0.2) is 12.1 Å². The Bertz CT molecular complexity index is 424. The fourth-order valence-corrected chi connectivity index (χ4v) is 2.68. The second-order valence-corrected chi connectivity index (χ2v) is 5.72. The molecule has 2 N–H and O–H groups in total. The van der Waals surface area contributed by atoms with Gasteiger partial charge in [0.1, 0.15) is 5.82 Å². The lowest BCUT2D eigenvalue weighted by atomic mass is 9.81. The fraction of sp³-hybridized carbons (Fsp3) is 0.667. The molecule has 1 aliphatic rings. The van der Waals surface area contributed by atoms with Gasteiger partial charge < -0.3 is 10.6 Å². The zero-order valence-corrected chi connectivity index (χ0v) is 12.4. The molecule has 0 atom stereocenters. The van der Waals surface area contributed by atoms with Gasteiger partial charge in [0, 0.05) is 13.6 Å². The Morgan fingerprint density at radius 3 is 2.60 bits per heavy atom. The number of rotatable bonds is 5. The van der Waals surface area contributed by atoms with E-state index in [-0.39, 0.29) is 5.91 Å². The van der Waals surface area contributed by atoms with Crippen molar-refractivity contribution in [3.05, 3.63) is 17.8 Å². The smallest absolute Gasteiger partial charge is 0.271 e. The van der Waals surface area contributed by atoms with Crippen molar-refractivity contribution in [2.24, 2.45) is 11.8 Å². The van der Waals surface area contributed by atoms with Gasteiger partial charge in [-0.3, -0.25) is 4.79 Å². The Hall–Kier alpha value is -1.65. The van der Waals surface area contributed by atoms with Crippen LogP contribution >= 0.6 is 0 Å². The van der Waals surface area contributed by atoms with Crippen LogP contribution in [0.1, 0.15) is 49.5 Å². The van der Waals surface area contributed by atoms with Crippen LogP contribution in [0.2, 0.25) is 0 Å². The number of anilines is 1. The predicted octanol–water partition coefficient (Wildman–Crippen LogP) is 2.46. The van der Waals surface area contributed by atoms with Crippen molar-refractivity contribution in [1.82, 2.24) is 15.5 Å². The summed E-state index contributed by atoms with van der Waals surface area (Å²) in [5, 5.41) is 13.6. The quantitative estimate of drug-likeness (QED) is 0.867. The van der Waals surface area contributed by atoms with Gasteiger partial charge in [0.15, 0.2) is 5.69 Å². The highest BCUT2D eigenvalue weighted by Gasteiger charge is 2.18. The summed E-state index contributed by atoms with van der Waals surface area (Å²) >= 11 is 0. The minimum atomic E-state index is -0.135. The van der Waals surface area contributed by atoms with Gasteiger partial charge in [0.05, 0.1) is 0 Å². The Morgan fingerprint density at radius 2 is 2.00 bits per heavy atom. The molecule has 0 aromatic carbocycles. The van der Waals surface area contributed by atoms with Crippen LogP contribution in [0.4, 0.5) is 5.82 Å². The fourth-order valence-electron chi connectivity index (χ4n) is 2.68. The maximum atomic E-state index is 11.9. The number of carbonyl (C=O) groups is 1. The van der Waals surface area contributed by atoms with Gasteiger partial charge in [-0.25, -0.2) is 0 Å². The lowest BCUT2D eigenvalue weighted by Gasteiger charge is -2.26. The highest BCUT2D eigenvalue weighted by molar-refractivity contribution is 5.92. The maximum Gasteiger partial charge on any atom is 0.271 e. The van der Waals surface area contributed by atoms with E-state index in [4.69, 9.17) is 0 Å². The summed E-state index contributed by atoms with van der Waals surface area (Å²) in [6, 6.07) is 3.45. The Kier molecular flexibility index (Phi) is 5.32. The summed E-state index contributed by atoms with van der Waals surface area (Å²) in [6.07, 6.45) is 6.33. The molecule has 1 heterocycles. The minimum Gasteiger partial charge on any atom is -0.372 e. The Labute approximate surface area is 120 Å².